The van der Waals surface area contributed by atoms with Gasteiger partial charge in [-0.2, -0.15) is 5.26 Å². The SMILES string of the molecule is CC1CC(C)N(CC(=O)N(C)CCC#N)C1. The van der Waals surface area contributed by atoms with Gasteiger partial charge in [-0.05, 0) is 19.3 Å². The molecule has 90 valence electrons. The van der Waals surface area contributed by atoms with Gasteiger partial charge in [-0.3, -0.25) is 9.69 Å². The Labute approximate surface area is 97.8 Å². The van der Waals surface area contributed by atoms with Crippen molar-refractivity contribution >= 4 is 5.91 Å². The fourth-order valence-corrected chi connectivity index (χ4v) is 2.24. The molecule has 4 heteroatoms. The van der Waals surface area contributed by atoms with Crippen LogP contribution in [0.4, 0.5) is 0 Å². The molecule has 4 nitrogen and oxygen atoms in total. The van der Waals surface area contributed by atoms with Crippen LogP contribution in [0.25, 0.3) is 0 Å². The molecular formula is C12H21N3O. The lowest BCUT2D eigenvalue weighted by Crippen LogP contribution is -2.40. The molecule has 1 amide bonds. The van der Waals surface area contributed by atoms with Crippen molar-refractivity contribution in [2.45, 2.75) is 32.7 Å². The second kappa shape index (κ2) is 5.86. The first-order valence-corrected chi connectivity index (χ1v) is 5.89. The zero-order valence-corrected chi connectivity index (χ0v) is 10.4. The Kier molecular flexibility index (Phi) is 4.75. The largest absolute Gasteiger partial charge is 0.344 e. The number of hydrogen-bond acceptors (Lipinski definition) is 3. The van der Waals surface area contributed by atoms with Crippen LogP contribution in [0.15, 0.2) is 0 Å². The van der Waals surface area contributed by atoms with E-state index in [-0.39, 0.29) is 5.91 Å². The van der Waals surface area contributed by atoms with Gasteiger partial charge in [0.1, 0.15) is 0 Å². The van der Waals surface area contributed by atoms with E-state index in [4.69, 9.17) is 5.26 Å². The standard InChI is InChI=1S/C12H21N3O/c1-10-7-11(2)15(8-10)9-12(16)14(3)6-4-5-13/h10-11H,4,6-9H2,1-3H3. The minimum atomic E-state index is 0.121. The number of nitrogens with zero attached hydrogens (tertiary/aromatic N) is 3. The maximum absolute atomic E-state index is 11.8. The molecule has 0 N–H and O–H groups in total. The van der Waals surface area contributed by atoms with Crippen LogP contribution in [-0.2, 0) is 4.79 Å². The number of carbonyl (C=O) groups excluding carboxylic acids is 1. The highest BCUT2D eigenvalue weighted by Gasteiger charge is 2.28. The number of rotatable bonds is 4. The summed E-state index contributed by atoms with van der Waals surface area (Å²) in [7, 11) is 1.77. The second-order valence-electron chi connectivity index (χ2n) is 4.84. The van der Waals surface area contributed by atoms with Crippen LogP contribution in [0, 0.1) is 17.2 Å². The van der Waals surface area contributed by atoms with Gasteiger partial charge in [0.2, 0.25) is 5.91 Å². The minimum Gasteiger partial charge on any atom is -0.344 e. The lowest BCUT2D eigenvalue weighted by Gasteiger charge is -2.23. The first-order valence-electron chi connectivity index (χ1n) is 5.89. The van der Waals surface area contributed by atoms with Gasteiger partial charge < -0.3 is 4.90 Å². The molecule has 2 atom stereocenters. The minimum absolute atomic E-state index is 0.121. The predicted molar refractivity (Wildman–Crippen MR) is 62.7 cm³/mol. The Bertz CT molecular complexity index is 284. The third kappa shape index (κ3) is 3.49. The zero-order chi connectivity index (χ0) is 12.1. The third-order valence-corrected chi connectivity index (χ3v) is 3.24. The summed E-state index contributed by atoms with van der Waals surface area (Å²) >= 11 is 0. The van der Waals surface area contributed by atoms with Crippen molar-refractivity contribution in [3.05, 3.63) is 0 Å². The Balaban J connectivity index is 2.36. The summed E-state index contributed by atoms with van der Waals surface area (Å²) in [6.45, 7) is 6.44. The molecule has 0 aromatic rings. The van der Waals surface area contributed by atoms with Crippen LogP contribution >= 0.6 is 0 Å². The quantitative estimate of drug-likeness (QED) is 0.716. The van der Waals surface area contributed by atoms with Crippen molar-refractivity contribution in [3.63, 3.8) is 0 Å². The molecule has 1 aliphatic rings. The first kappa shape index (κ1) is 13.0. The highest BCUT2D eigenvalue weighted by molar-refractivity contribution is 5.78. The monoisotopic (exact) mass is 223 g/mol. The van der Waals surface area contributed by atoms with Crippen LogP contribution in [0.3, 0.4) is 0 Å². The molecule has 0 spiro atoms. The summed E-state index contributed by atoms with van der Waals surface area (Å²) in [6.07, 6.45) is 1.59. The van der Waals surface area contributed by atoms with E-state index in [0.717, 1.165) is 6.54 Å². The number of nitriles is 1. The third-order valence-electron chi connectivity index (χ3n) is 3.24. The van der Waals surface area contributed by atoms with E-state index in [2.05, 4.69) is 24.8 Å². The maximum atomic E-state index is 11.8. The molecule has 0 aromatic heterocycles. The van der Waals surface area contributed by atoms with E-state index in [1.54, 1.807) is 11.9 Å². The number of amides is 1. The van der Waals surface area contributed by atoms with Crippen LogP contribution in [0.1, 0.15) is 26.7 Å². The van der Waals surface area contributed by atoms with E-state index in [1.165, 1.54) is 6.42 Å². The van der Waals surface area contributed by atoms with E-state index in [9.17, 15) is 4.79 Å². The number of hydrogen-bond donors (Lipinski definition) is 0. The predicted octanol–water partition coefficient (Wildman–Crippen LogP) is 1.09. The maximum Gasteiger partial charge on any atom is 0.236 e. The van der Waals surface area contributed by atoms with Crippen LogP contribution in [-0.4, -0.2) is 48.4 Å². The Morgan fingerprint density at radius 2 is 2.25 bits per heavy atom. The summed E-state index contributed by atoms with van der Waals surface area (Å²) in [5, 5.41) is 8.46. The average molecular weight is 223 g/mol. The van der Waals surface area contributed by atoms with E-state index < -0.39 is 0 Å². The molecular weight excluding hydrogens is 202 g/mol. The molecule has 0 saturated carbocycles. The molecule has 1 fully saturated rings. The van der Waals surface area contributed by atoms with E-state index in [0.29, 0.717) is 31.5 Å². The highest BCUT2D eigenvalue weighted by atomic mass is 16.2. The smallest absolute Gasteiger partial charge is 0.236 e. The molecule has 0 aromatic carbocycles. The van der Waals surface area contributed by atoms with Crippen LogP contribution in [0.5, 0.6) is 0 Å². The van der Waals surface area contributed by atoms with E-state index in [1.807, 2.05) is 0 Å². The Morgan fingerprint density at radius 1 is 1.56 bits per heavy atom. The molecule has 16 heavy (non-hydrogen) atoms. The molecule has 0 aliphatic carbocycles. The fraction of sp³-hybridized carbons (Fsp3) is 0.833. The van der Waals surface area contributed by atoms with Crippen molar-refractivity contribution in [2.24, 2.45) is 5.92 Å². The summed E-state index contributed by atoms with van der Waals surface area (Å²) in [4.78, 5) is 15.7. The van der Waals surface area contributed by atoms with Gasteiger partial charge in [0.15, 0.2) is 0 Å². The van der Waals surface area contributed by atoms with Gasteiger partial charge in [-0.25, -0.2) is 0 Å². The van der Waals surface area contributed by atoms with Crippen molar-refractivity contribution in [1.82, 2.24) is 9.80 Å². The van der Waals surface area contributed by atoms with Crippen molar-refractivity contribution in [2.75, 3.05) is 26.7 Å². The molecule has 1 saturated heterocycles. The Hall–Kier alpha value is -1.08. The van der Waals surface area contributed by atoms with Crippen LogP contribution < -0.4 is 0 Å². The molecule has 0 radical (unpaired) electrons. The number of carbonyl (C=O) groups is 1. The summed E-state index contributed by atoms with van der Waals surface area (Å²) in [5.41, 5.74) is 0. The lowest BCUT2D eigenvalue weighted by molar-refractivity contribution is -0.131. The molecule has 0 bridgehead atoms. The average Bonchev–Trinajstić information content (AvgIpc) is 2.53. The number of likely N-dealkylation sites (N-methyl/N-ethyl adjacent to an activating group) is 1. The highest BCUT2D eigenvalue weighted by Crippen LogP contribution is 2.21. The lowest BCUT2D eigenvalue weighted by atomic mass is 10.1. The van der Waals surface area contributed by atoms with Gasteiger partial charge in [0.05, 0.1) is 19.0 Å². The topological polar surface area (TPSA) is 47.3 Å². The first-order chi connectivity index (χ1) is 7.54. The molecule has 1 rings (SSSR count). The fourth-order valence-electron chi connectivity index (χ4n) is 2.24. The van der Waals surface area contributed by atoms with Gasteiger partial charge in [-0.1, -0.05) is 6.92 Å². The zero-order valence-electron chi connectivity index (χ0n) is 10.4. The molecule has 2 unspecified atom stereocenters. The van der Waals surface area contributed by atoms with Crippen molar-refractivity contribution < 1.29 is 4.79 Å². The van der Waals surface area contributed by atoms with Gasteiger partial charge in [0.25, 0.3) is 0 Å². The van der Waals surface area contributed by atoms with Crippen LogP contribution in [0.2, 0.25) is 0 Å². The molecule has 1 heterocycles. The Morgan fingerprint density at radius 3 is 2.75 bits per heavy atom. The summed E-state index contributed by atoms with van der Waals surface area (Å²) < 4.78 is 0. The van der Waals surface area contributed by atoms with Crippen molar-refractivity contribution in [3.8, 4) is 6.07 Å². The summed E-state index contributed by atoms with van der Waals surface area (Å²) in [6, 6.07) is 2.56. The van der Waals surface area contributed by atoms with E-state index >= 15 is 0 Å². The molecule has 1 aliphatic heterocycles. The normalized spacial score (nSPS) is 25.4. The summed E-state index contributed by atoms with van der Waals surface area (Å²) in [5.74, 6) is 0.809. The number of likely N-dealkylation sites (tertiary alicyclic amines) is 1. The van der Waals surface area contributed by atoms with Gasteiger partial charge in [0, 0.05) is 26.2 Å². The van der Waals surface area contributed by atoms with Gasteiger partial charge in [-0.15, -0.1) is 0 Å². The second-order valence-corrected chi connectivity index (χ2v) is 4.84. The van der Waals surface area contributed by atoms with Crippen molar-refractivity contribution in [1.29, 1.82) is 5.26 Å². The van der Waals surface area contributed by atoms with Gasteiger partial charge >= 0.3 is 0 Å².